The first-order chi connectivity index (χ1) is 17.5. The van der Waals surface area contributed by atoms with Crippen LogP contribution in [0.2, 0.25) is 0 Å². The maximum atomic E-state index is 12.6. The van der Waals surface area contributed by atoms with Crippen LogP contribution in [0.5, 0.6) is 0 Å². The van der Waals surface area contributed by atoms with Crippen LogP contribution in [0.15, 0.2) is 29.2 Å². The quantitative estimate of drug-likeness (QED) is 0.269. The molecule has 1 aliphatic heterocycles. The van der Waals surface area contributed by atoms with Gasteiger partial charge in [-0.3, -0.25) is 9.59 Å². The van der Waals surface area contributed by atoms with Gasteiger partial charge in [0.05, 0.1) is 4.90 Å². The van der Waals surface area contributed by atoms with Crippen LogP contribution in [0.1, 0.15) is 52.0 Å². The number of carbonyl (C=O) groups excluding carboxylic acids is 3. The largest absolute Gasteiger partial charge is 0.438 e. The number of benzene rings is 1. The van der Waals surface area contributed by atoms with Crippen molar-refractivity contribution in [2.75, 3.05) is 51.5 Å². The fourth-order valence-corrected chi connectivity index (χ4v) is 5.30. The van der Waals surface area contributed by atoms with Gasteiger partial charge >= 0.3 is 6.09 Å². The average Bonchev–Trinajstić information content (AvgIpc) is 3.02. The van der Waals surface area contributed by atoms with Gasteiger partial charge in [0.2, 0.25) is 5.91 Å². The van der Waals surface area contributed by atoms with Gasteiger partial charge in [-0.2, -0.15) is 0 Å². The van der Waals surface area contributed by atoms with E-state index in [1.807, 2.05) is 17.0 Å². The van der Waals surface area contributed by atoms with E-state index in [4.69, 9.17) is 4.74 Å². The first kappa shape index (κ1) is 31.1. The van der Waals surface area contributed by atoms with E-state index in [1.54, 1.807) is 12.1 Å². The highest BCUT2D eigenvalue weighted by molar-refractivity contribution is 8.13. The van der Waals surface area contributed by atoms with Crippen LogP contribution < -0.4 is 0 Å². The van der Waals surface area contributed by atoms with E-state index in [1.165, 1.54) is 18.1 Å². The molecule has 0 spiro atoms. The maximum absolute atomic E-state index is 12.6. The van der Waals surface area contributed by atoms with Gasteiger partial charge in [-0.15, -0.1) is 0 Å². The van der Waals surface area contributed by atoms with E-state index in [9.17, 15) is 22.8 Å². The zero-order chi connectivity index (χ0) is 27.4. The molecular weight excluding hydrogens is 514 g/mol. The van der Waals surface area contributed by atoms with E-state index in [0.717, 1.165) is 56.1 Å². The summed E-state index contributed by atoms with van der Waals surface area (Å²) in [6, 6.07) is 7.44. The molecule has 0 N–H and O–H groups in total. The smallest absolute Gasteiger partial charge is 0.410 e. The zero-order valence-corrected chi connectivity index (χ0v) is 24.1. The molecule has 1 aliphatic rings. The monoisotopic (exact) mass is 555 g/mol. The van der Waals surface area contributed by atoms with Crippen molar-refractivity contribution < 1.29 is 27.5 Å². The van der Waals surface area contributed by atoms with E-state index < -0.39 is 15.9 Å². The third kappa shape index (κ3) is 11.0. The van der Waals surface area contributed by atoms with Crippen LogP contribution in [0.25, 0.3) is 0 Å². The summed E-state index contributed by atoms with van der Waals surface area (Å²) in [6.45, 7) is 9.56. The number of thioether (sulfide) groups is 1. The second-order valence-electron chi connectivity index (χ2n) is 9.49. The molecule has 0 radical (unpaired) electrons. The van der Waals surface area contributed by atoms with E-state index in [2.05, 4.69) is 18.7 Å². The lowest BCUT2D eigenvalue weighted by molar-refractivity contribution is -0.130. The van der Waals surface area contributed by atoms with Gasteiger partial charge in [0.25, 0.3) is 0 Å². The van der Waals surface area contributed by atoms with Crippen molar-refractivity contribution in [3.05, 3.63) is 29.8 Å². The van der Waals surface area contributed by atoms with Crippen LogP contribution in [0.4, 0.5) is 4.79 Å². The van der Waals surface area contributed by atoms with Gasteiger partial charge in [-0.1, -0.05) is 19.1 Å². The SMILES string of the molecule is CCCN(CCCCN1CCN(C(=O)OCSC(C)=O)CCC1=O)C(C)Cc1ccc(S(C)(=O)=O)cc1. The van der Waals surface area contributed by atoms with Crippen molar-refractivity contribution >= 4 is 38.7 Å². The molecule has 1 saturated heterocycles. The number of nitrogens with zero attached hydrogens (tertiary/aromatic N) is 3. The molecule has 1 atom stereocenters. The summed E-state index contributed by atoms with van der Waals surface area (Å²) in [5.74, 6) is 0.0331. The first-order valence-electron chi connectivity index (χ1n) is 12.9. The fourth-order valence-electron chi connectivity index (χ4n) is 4.34. The number of sulfone groups is 1. The normalized spacial score (nSPS) is 15.5. The number of unbranched alkanes of at least 4 members (excludes halogenated alkanes) is 1. The molecule has 0 aromatic heterocycles. The first-order valence-corrected chi connectivity index (χ1v) is 15.7. The molecule has 0 saturated carbocycles. The summed E-state index contributed by atoms with van der Waals surface area (Å²) in [6.07, 6.45) is 4.71. The number of amides is 2. The van der Waals surface area contributed by atoms with Crippen molar-refractivity contribution in [1.82, 2.24) is 14.7 Å². The van der Waals surface area contributed by atoms with Gasteiger partial charge < -0.3 is 19.4 Å². The Labute approximate surface area is 225 Å². The maximum Gasteiger partial charge on any atom is 0.410 e. The highest BCUT2D eigenvalue weighted by Crippen LogP contribution is 2.15. The molecule has 1 heterocycles. The predicted molar refractivity (Wildman–Crippen MR) is 146 cm³/mol. The molecule has 2 rings (SSSR count). The van der Waals surface area contributed by atoms with Crippen LogP contribution in [0.3, 0.4) is 0 Å². The van der Waals surface area contributed by atoms with E-state index >= 15 is 0 Å². The molecule has 37 heavy (non-hydrogen) atoms. The molecule has 1 aromatic carbocycles. The Morgan fingerprint density at radius 3 is 2.43 bits per heavy atom. The Bertz CT molecular complexity index is 1000. The lowest BCUT2D eigenvalue weighted by Crippen LogP contribution is -2.38. The number of carbonyl (C=O) groups is 3. The Morgan fingerprint density at radius 2 is 1.81 bits per heavy atom. The fraction of sp³-hybridized carbons (Fsp3) is 0.654. The molecule has 9 nitrogen and oxygen atoms in total. The molecular formula is C26H41N3O6S2. The summed E-state index contributed by atoms with van der Waals surface area (Å²) in [5.41, 5.74) is 1.11. The highest BCUT2D eigenvalue weighted by atomic mass is 32.2. The molecule has 1 fully saturated rings. The van der Waals surface area contributed by atoms with Crippen LogP contribution in [-0.2, 0) is 30.6 Å². The van der Waals surface area contributed by atoms with Crippen molar-refractivity contribution in [1.29, 1.82) is 0 Å². The summed E-state index contributed by atoms with van der Waals surface area (Å²) in [5, 5.41) is -0.111. The topological polar surface area (TPSA) is 104 Å². The van der Waals surface area contributed by atoms with Crippen LogP contribution in [-0.4, -0.2) is 97.7 Å². The number of ether oxygens (including phenoxy) is 1. The summed E-state index contributed by atoms with van der Waals surface area (Å²) < 4.78 is 28.5. The summed E-state index contributed by atoms with van der Waals surface area (Å²) >= 11 is 0.941. The van der Waals surface area contributed by atoms with Gasteiger partial charge in [0.1, 0.15) is 5.94 Å². The van der Waals surface area contributed by atoms with Gasteiger partial charge in [0, 0.05) is 51.8 Å². The molecule has 11 heteroatoms. The molecule has 208 valence electrons. The number of hydrogen-bond donors (Lipinski definition) is 0. The van der Waals surface area contributed by atoms with Gasteiger partial charge in [-0.05, 0) is 75.2 Å². The van der Waals surface area contributed by atoms with Crippen LogP contribution >= 0.6 is 11.8 Å². The lowest BCUT2D eigenvalue weighted by atomic mass is 10.1. The van der Waals surface area contributed by atoms with Crippen molar-refractivity contribution in [2.24, 2.45) is 0 Å². The van der Waals surface area contributed by atoms with Gasteiger partial charge in [-0.25, -0.2) is 13.2 Å². The van der Waals surface area contributed by atoms with E-state index in [0.29, 0.717) is 37.1 Å². The minimum Gasteiger partial charge on any atom is -0.438 e. The van der Waals surface area contributed by atoms with Crippen molar-refractivity contribution in [2.45, 2.75) is 63.8 Å². The van der Waals surface area contributed by atoms with E-state index in [-0.39, 0.29) is 23.4 Å². The molecule has 0 bridgehead atoms. The predicted octanol–water partition coefficient (Wildman–Crippen LogP) is 3.42. The second kappa shape index (κ2) is 15.3. The summed E-state index contributed by atoms with van der Waals surface area (Å²) in [4.78, 5) is 41.9. The molecule has 1 unspecified atom stereocenters. The molecule has 2 amide bonds. The van der Waals surface area contributed by atoms with Crippen molar-refractivity contribution in [3.8, 4) is 0 Å². The summed E-state index contributed by atoms with van der Waals surface area (Å²) in [7, 11) is -3.19. The standard InChI is InChI=1S/C26H41N3O6S2/c1-5-13-27(21(2)19-23-8-10-24(11-9-23)37(4,33)34)14-6-7-15-28-17-18-29(16-12-25(28)31)26(32)35-20-36-22(3)30/h8-11,21H,5-7,12-20H2,1-4H3. The number of hydrogen-bond acceptors (Lipinski definition) is 8. The minimum absolute atomic E-state index is 0.0129. The molecule has 1 aromatic rings. The molecule has 0 aliphatic carbocycles. The Hall–Kier alpha value is -2.11. The van der Waals surface area contributed by atoms with Crippen LogP contribution in [0, 0.1) is 0 Å². The van der Waals surface area contributed by atoms with Gasteiger partial charge in [0.15, 0.2) is 15.0 Å². The Morgan fingerprint density at radius 1 is 1.11 bits per heavy atom. The Balaban J connectivity index is 1.79. The second-order valence-corrected chi connectivity index (χ2v) is 12.6. The third-order valence-electron chi connectivity index (χ3n) is 6.43. The average molecular weight is 556 g/mol. The highest BCUT2D eigenvalue weighted by Gasteiger charge is 2.24. The third-order valence-corrected chi connectivity index (χ3v) is 8.20. The zero-order valence-electron chi connectivity index (χ0n) is 22.5. The lowest BCUT2D eigenvalue weighted by Gasteiger charge is -2.29. The Kier molecular flexibility index (Phi) is 12.9. The minimum atomic E-state index is -3.19. The van der Waals surface area contributed by atoms with Crippen molar-refractivity contribution in [3.63, 3.8) is 0 Å². The number of rotatable bonds is 13.